The smallest absolute Gasteiger partial charge is 0.302 e. The van der Waals surface area contributed by atoms with Gasteiger partial charge in [0.25, 0.3) is 20.0 Å². The molecule has 2 aliphatic rings. The minimum atomic E-state index is -1.11. The van der Waals surface area contributed by atoms with E-state index in [2.05, 4.69) is 6.92 Å². The average molecular weight is 457 g/mol. The summed E-state index contributed by atoms with van der Waals surface area (Å²) < 4.78 is 15.7. The van der Waals surface area contributed by atoms with Crippen LogP contribution in [0.4, 0.5) is 0 Å². The van der Waals surface area contributed by atoms with E-state index in [1.54, 1.807) is 0 Å². The lowest BCUT2D eigenvalue weighted by atomic mass is 9.97. The maximum atomic E-state index is 5.88. The van der Waals surface area contributed by atoms with Crippen molar-refractivity contribution in [3.05, 3.63) is 0 Å². The molecule has 1 saturated carbocycles. The van der Waals surface area contributed by atoms with Crippen molar-refractivity contribution in [1.82, 2.24) is 0 Å². The fourth-order valence-corrected chi connectivity index (χ4v) is 11.1. The largest absolute Gasteiger partial charge is 0.425 e. The van der Waals surface area contributed by atoms with Gasteiger partial charge in [-0.05, 0) is 6.04 Å². The van der Waals surface area contributed by atoms with Gasteiger partial charge in [0.15, 0.2) is 0 Å². The number of hydrogen-bond donors (Lipinski definition) is 0. The lowest BCUT2D eigenvalue weighted by Crippen LogP contribution is -2.52. The highest BCUT2D eigenvalue weighted by atomic mass is 35.5. The van der Waals surface area contributed by atoms with Crippen molar-refractivity contribution in [3.63, 3.8) is 0 Å². The highest BCUT2D eigenvalue weighted by Gasteiger charge is 2.46. The summed E-state index contributed by atoms with van der Waals surface area (Å²) in [6, 6.07) is 1.10. The van der Waals surface area contributed by atoms with Crippen molar-refractivity contribution in [3.8, 4) is 0 Å². The Bertz CT molecular complexity index is 230. The van der Waals surface area contributed by atoms with Crippen molar-refractivity contribution in [2.75, 3.05) is 0 Å². The summed E-state index contributed by atoms with van der Waals surface area (Å²) in [6.45, 7) is 2.12. The van der Waals surface area contributed by atoms with Crippen LogP contribution in [0.2, 0.25) is 6.04 Å². The summed E-state index contributed by atoms with van der Waals surface area (Å²) in [6.07, 6.45) is 0. The minimum Gasteiger partial charge on any atom is -0.425 e. The van der Waals surface area contributed by atoms with Crippen LogP contribution < -0.4 is 0 Å². The maximum Gasteiger partial charge on any atom is 0.302 e. The molecule has 1 heterocycles. The molecule has 0 atom stereocenters. The summed E-state index contributed by atoms with van der Waals surface area (Å²) in [5.41, 5.74) is 0. The Morgan fingerprint density at radius 3 is 1.25 bits per heavy atom. The van der Waals surface area contributed by atoms with Gasteiger partial charge >= 0.3 is 9.28 Å². The van der Waals surface area contributed by atoms with E-state index in [9.17, 15) is 0 Å². The average Bonchev–Trinajstić information content (AvgIpc) is 2.50. The summed E-state index contributed by atoms with van der Waals surface area (Å²) in [7, 11) is -2.21. The first-order valence-electron chi connectivity index (χ1n) is 6.05. The van der Waals surface area contributed by atoms with E-state index in [0.29, 0.717) is 0 Å². The van der Waals surface area contributed by atoms with E-state index >= 15 is 0 Å². The molecule has 0 aromatic carbocycles. The zero-order valence-corrected chi connectivity index (χ0v) is 19.2. The van der Waals surface area contributed by atoms with E-state index in [0.717, 1.165) is 6.04 Å². The summed E-state index contributed by atoms with van der Waals surface area (Å²) in [5, 5.41) is -2.62. The molecule has 1 aliphatic heterocycles. The second-order valence-corrected chi connectivity index (χ2v) is 13.7. The Labute approximate surface area is 155 Å². The number of alkyl halides is 6. The third kappa shape index (κ3) is 5.72. The van der Waals surface area contributed by atoms with Crippen LogP contribution in [-0.4, -0.2) is 61.6 Å². The van der Waals surface area contributed by atoms with Crippen LogP contribution in [0.3, 0.4) is 0 Å². The van der Waals surface area contributed by atoms with Crippen molar-refractivity contribution in [2.24, 2.45) is 0 Å². The molecule has 2 fully saturated rings. The van der Waals surface area contributed by atoms with Gasteiger partial charge < -0.3 is 12.3 Å². The van der Waals surface area contributed by atoms with Crippen molar-refractivity contribution in [2.45, 2.75) is 45.2 Å². The Kier molecular flexibility index (Phi) is 10.4. The van der Waals surface area contributed by atoms with Gasteiger partial charge in [-0.25, -0.2) is 0 Å². The minimum absolute atomic E-state index is 0.437. The van der Waals surface area contributed by atoms with E-state index in [-0.39, 0.29) is 0 Å². The third-order valence-corrected chi connectivity index (χ3v) is 12.9. The molecule has 120 valence electrons. The van der Waals surface area contributed by atoms with E-state index in [1.807, 2.05) is 0 Å². The molecule has 0 aromatic heterocycles. The number of rotatable bonds is 1. The quantitative estimate of drug-likeness (QED) is 0.445. The monoisotopic (exact) mass is 454 g/mol. The van der Waals surface area contributed by atoms with E-state index in [4.69, 9.17) is 82.0 Å². The molecule has 0 bridgehead atoms. The molecule has 2 rings (SSSR count). The zero-order chi connectivity index (χ0) is 15.3. The molecular weight excluding hydrogens is 441 g/mol. The highest BCUT2D eigenvalue weighted by Crippen LogP contribution is 2.39. The van der Waals surface area contributed by atoms with Crippen molar-refractivity contribution < 1.29 is 12.3 Å². The molecule has 0 radical (unpaired) electrons. The van der Waals surface area contributed by atoms with Gasteiger partial charge in [-0.15, -0.1) is 69.6 Å². The van der Waals surface area contributed by atoms with Crippen molar-refractivity contribution in [1.29, 1.82) is 0 Å². The van der Waals surface area contributed by atoms with Crippen molar-refractivity contribution >= 4 is 98.9 Å². The number of halogens is 6. The van der Waals surface area contributed by atoms with Crippen LogP contribution in [0.1, 0.15) is 6.92 Å². The van der Waals surface area contributed by atoms with Crippen LogP contribution in [0, 0.1) is 0 Å². The predicted octanol–water partition coefficient (Wildman–Crippen LogP) is 1.93. The standard InChI is InChI=1S/C6H6Cl6.C2H10O3Si3/c7-1-2(8)4(10)6(12)5(11)3(1)9;1-2-8-4-6-3-7-5-8/h1-6H;8H,2,6-7H2,1H3. The molecular formula is C8H16Cl6O3Si3. The van der Waals surface area contributed by atoms with Gasteiger partial charge in [0.1, 0.15) is 0 Å². The molecule has 1 saturated heterocycles. The molecule has 0 aromatic rings. The summed E-state index contributed by atoms with van der Waals surface area (Å²) in [5.74, 6) is 0. The number of hydrogen-bond acceptors (Lipinski definition) is 3. The van der Waals surface area contributed by atoms with E-state index < -0.39 is 61.6 Å². The van der Waals surface area contributed by atoms with Gasteiger partial charge in [0.05, 0.1) is 32.3 Å². The van der Waals surface area contributed by atoms with E-state index in [1.165, 1.54) is 0 Å². The zero-order valence-electron chi connectivity index (χ0n) is 10.7. The normalized spacial score (nSPS) is 47.9. The molecule has 0 N–H and O–H groups in total. The second-order valence-electron chi connectivity index (χ2n) is 4.28. The van der Waals surface area contributed by atoms with Crippen LogP contribution in [0.5, 0.6) is 0 Å². The van der Waals surface area contributed by atoms with Gasteiger partial charge in [-0.3, -0.25) is 0 Å². The van der Waals surface area contributed by atoms with Gasteiger partial charge in [0.2, 0.25) is 0 Å². The SMILES string of the molecule is CC[SiH]1O[SiH2]O[SiH2]O1.ClC1C(Cl)C(Cl)C(Cl)C(Cl)C1Cl. The Morgan fingerprint density at radius 1 is 0.750 bits per heavy atom. The fraction of sp³-hybridized carbons (Fsp3) is 1.00. The fourth-order valence-electron chi connectivity index (χ4n) is 1.62. The molecule has 20 heavy (non-hydrogen) atoms. The van der Waals surface area contributed by atoms with Crippen LogP contribution in [0.15, 0.2) is 0 Å². The summed E-state index contributed by atoms with van der Waals surface area (Å²) in [4.78, 5) is 0. The Balaban J connectivity index is 0.000000217. The molecule has 0 amide bonds. The van der Waals surface area contributed by atoms with Gasteiger partial charge in [-0.1, -0.05) is 6.92 Å². The lowest BCUT2D eigenvalue weighted by molar-refractivity contribution is 0.323. The predicted molar refractivity (Wildman–Crippen MR) is 95.8 cm³/mol. The Hall–Kier alpha value is 2.27. The summed E-state index contributed by atoms with van der Waals surface area (Å²) >= 11 is 35.3. The van der Waals surface area contributed by atoms with Crippen LogP contribution in [-0.2, 0) is 12.3 Å². The topological polar surface area (TPSA) is 27.7 Å². The Morgan fingerprint density at radius 2 is 1.05 bits per heavy atom. The molecule has 0 spiro atoms. The first kappa shape index (κ1) is 20.3. The first-order chi connectivity index (χ1) is 9.40. The van der Waals surface area contributed by atoms with Gasteiger partial charge in [-0.2, -0.15) is 0 Å². The highest BCUT2D eigenvalue weighted by molar-refractivity contribution is 6.61. The maximum absolute atomic E-state index is 5.88. The van der Waals surface area contributed by atoms with Crippen LogP contribution >= 0.6 is 69.6 Å². The van der Waals surface area contributed by atoms with Gasteiger partial charge in [0, 0.05) is 0 Å². The second kappa shape index (κ2) is 10.2. The van der Waals surface area contributed by atoms with Crippen LogP contribution in [0.25, 0.3) is 0 Å². The third-order valence-electron chi connectivity index (χ3n) is 2.83. The molecule has 12 heteroatoms. The molecule has 0 unspecified atom stereocenters. The molecule has 3 nitrogen and oxygen atoms in total. The lowest BCUT2D eigenvalue weighted by Gasteiger charge is -2.37. The first-order valence-corrected chi connectivity index (χ1v) is 12.7. The molecule has 1 aliphatic carbocycles.